The van der Waals surface area contributed by atoms with E-state index >= 15 is 0 Å². The topological polar surface area (TPSA) is 62.3 Å². The number of anilines is 1. The van der Waals surface area contributed by atoms with Crippen LogP contribution in [0.5, 0.6) is 0 Å². The van der Waals surface area contributed by atoms with Gasteiger partial charge in [-0.15, -0.1) is 11.3 Å². The van der Waals surface area contributed by atoms with Crippen molar-refractivity contribution in [3.63, 3.8) is 0 Å². The third-order valence-electron chi connectivity index (χ3n) is 3.69. The number of carbonyl (C=O) groups is 2. The molecule has 1 N–H and O–H groups in total. The molecule has 26 heavy (non-hydrogen) atoms. The number of aromatic nitrogens is 1. The molecule has 0 spiro atoms. The molecule has 2 amide bonds. The predicted molar refractivity (Wildman–Crippen MR) is 107 cm³/mol. The molecule has 0 fully saturated rings. The predicted octanol–water partition coefficient (Wildman–Crippen LogP) is 5.03. The van der Waals surface area contributed by atoms with Crippen molar-refractivity contribution in [1.29, 1.82) is 0 Å². The zero-order chi connectivity index (χ0) is 19.1. The number of thiazole rings is 1. The quantitative estimate of drug-likeness (QED) is 0.617. The monoisotopic (exact) mass is 413 g/mol. The van der Waals surface area contributed by atoms with Crippen molar-refractivity contribution in [2.45, 2.75) is 33.1 Å². The summed E-state index contributed by atoms with van der Waals surface area (Å²) in [6.07, 6.45) is 2.84. The van der Waals surface area contributed by atoms with E-state index in [1.807, 2.05) is 12.3 Å². The number of hydrogen-bond acceptors (Lipinski definition) is 4. The summed E-state index contributed by atoms with van der Waals surface area (Å²) >= 11 is 13.3. The third-order valence-corrected chi connectivity index (χ3v) is 5.30. The van der Waals surface area contributed by atoms with E-state index < -0.39 is 0 Å². The van der Waals surface area contributed by atoms with Crippen molar-refractivity contribution in [3.8, 4) is 0 Å². The van der Waals surface area contributed by atoms with E-state index in [1.165, 1.54) is 22.3 Å². The summed E-state index contributed by atoms with van der Waals surface area (Å²) < 4.78 is 0. The van der Waals surface area contributed by atoms with Gasteiger partial charge in [0.05, 0.1) is 15.7 Å². The molecule has 140 valence electrons. The molecule has 2 rings (SSSR count). The first-order valence-corrected chi connectivity index (χ1v) is 10.0. The number of unbranched alkanes of at least 4 members (excludes halogenated alkanes) is 2. The Labute approximate surface area is 167 Å². The van der Waals surface area contributed by atoms with Crippen molar-refractivity contribution in [3.05, 3.63) is 44.9 Å². The number of carbonyl (C=O) groups excluding carboxylic acids is 2. The van der Waals surface area contributed by atoms with Crippen molar-refractivity contribution in [2.75, 3.05) is 18.4 Å². The van der Waals surface area contributed by atoms with Gasteiger partial charge in [-0.1, -0.05) is 43.0 Å². The fourth-order valence-corrected chi connectivity index (χ4v) is 3.36. The maximum atomic E-state index is 12.8. The standard InChI is InChI=1S/C18H21Cl2N3O2S/c1-3-4-5-8-23(10-16(24)22-18-21-12(2)11-26-18)17(25)13-6-7-14(19)15(20)9-13/h6-7,9,11H,3-5,8,10H2,1-2H3,(H,21,22,24). The Morgan fingerprint density at radius 2 is 2.00 bits per heavy atom. The molecule has 8 heteroatoms. The number of hydrogen-bond donors (Lipinski definition) is 1. The molecular formula is C18H21Cl2N3O2S. The summed E-state index contributed by atoms with van der Waals surface area (Å²) in [4.78, 5) is 30.9. The first-order chi connectivity index (χ1) is 12.4. The zero-order valence-electron chi connectivity index (χ0n) is 14.7. The van der Waals surface area contributed by atoms with E-state index in [0.717, 1.165) is 25.0 Å². The fraction of sp³-hybridized carbons (Fsp3) is 0.389. The van der Waals surface area contributed by atoms with Crippen LogP contribution in [0.15, 0.2) is 23.6 Å². The average molecular weight is 414 g/mol. The molecule has 0 unspecified atom stereocenters. The number of aryl methyl sites for hydroxylation is 1. The number of amides is 2. The normalized spacial score (nSPS) is 10.6. The molecule has 0 saturated heterocycles. The first kappa shape index (κ1) is 20.7. The lowest BCUT2D eigenvalue weighted by atomic mass is 10.1. The van der Waals surface area contributed by atoms with Crippen LogP contribution >= 0.6 is 34.5 Å². The Kier molecular flexibility index (Phi) is 7.87. The smallest absolute Gasteiger partial charge is 0.254 e. The Morgan fingerprint density at radius 3 is 2.62 bits per heavy atom. The average Bonchev–Trinajstić information content (AvgIpc) is 3.00. The SMILES string of the molecule is CCCCCN(CC(=O)Nc1nc(C)cs1)C(=O)c1ccc(Cl)c(Cl)c1. The van der Waals surface area contributed by atoms with Gasteiger partial charge in [0.2, 0.25) is 5.91 Å². The highest BCUT2D eigenvalue weighted by molar-refractivity contribution is 7.13. The van der Waals surface area contributed by atoms with E-state index in [4.69, 9.17) is 23.2 Å². The maximum absolute atomic E-state index is 12.8. The highest BCUT2D eigenvalue weighted by Gasteiger charge is 2.20. The Morgan fingerprint density at radius 1 is 1.23 bits per heavy atom. The van der Waals surface area contributed by atoms with Crippen LogP contribution in [0.25, 0.3) is 0 Å². The van der Waals surface area contributed by atoms with Gasteiger partial charge < -0.3 is 10.2 Å². The summed E-state index contributed by atoms with van der Waals surface area (Å²) in [6.45, 7) is 4.40. The number of rotatable bonds is 8. The maximum Gasteiger partial charge on any atom is 0.254 e. The summed E-state index contributed by atoms with van der Waals surface area (Å²) in [7, 11) is 0. The highest BCUT2D eigenvalue weighted by atomic mass is 35.5. The molecule has 0 saturated carbocycles. The van der Waals surface area contributed by atoms with Crippen LogP contribution in [0.3, 0.4) is 0 Å². The molecule has 0 aliphatic heterocycles. The lowest BCUT2D eigenvalue weighted by Gasteiger charge is -2.22. The Bertz CT molecular complexity index is 780. The van der Waals surface area contributed by atoms with Crippen LogP contribution in [0.2, 0.25) is 10.0 Å². The summed E-state index contributed by atoms with van der Waals surface area (Å²) in [6, 6.07) is 4.73. The van der Waals surface area contributed by atoms with Crippen molar-refractivity contribution in [1.82, 2.24) is 9.88 Å². The van der Waals surface area contributed by atoms with E-state index in [1.54, 1.807) is 12.1 Å². The van der Waals surface area contributed by atoms with Gasteiger partial charge in [-0.3, -0.25) is 9.59 Å². The van der Waals surface area contributed by atoms with Crippen molar-refractivity contribution >= 4 is 51.5 Å². The summed E-state index contributed by atoms with van der Waals surface area (Å²) in [5.41, 5.74) is 1.26. The first-order valence-electron chi connectivity index (χ1n) is 8.37. The van der Waals surface area contributed by atoms with Gasteiger partial charge in [-0.25, -0.2) is 4.98 Å². The fourth-order valence-electron chi connectivity index (χ4n) is 2.36. The van der Waals surface area contributed by atoms with Crippen LogP contribution in [0.4, 0.5) is 5.13 Å². The molecule has 1 aromatic carbocycles. The van der Waals surface area contributed by atoms with Crippen molar-refractivity contribution < 1.29 is 9.59 Å². The van der Waals surface area contributed by atoms with Gasteiger partial charge in [-0.05, 0) is 31.5 Å². The van der Waals surface area contributed by atoms with Crippen LogP contribution in [0.1, 0.15) is 42.2 Å². The van der Waals surface area contributed by atoms with E-state index in [9.17, 15) is 9.59 Å². The lowest BCUT2D eigenvalue weighted by molar-refractivity contribution is -0.116. The molecule has 0 aliphatic carbocycles. The van der Waals surface area contributed by atoms with Crippen LogP contribution < -0.4 is 5.32 Å². The van der Waals surface area contributed by atoms with Crippen LogP contribution in [0, 0.1) is 6.92 Å². The number of halogens is 2. The van der Waals surface area contributed by atoms with Gasteiger partial charge in [0.25, 0.3) is 5.91 Å². The van der Waals surface area contributed by atoms with Crippen LogP contribution in [-0.4, -0.2) is 34.8 Å². The van der Waals surface area contributed by atoms with Gasteiger partial charge in [0.1, 0.15) is 6.54 Å². The summed E-state index contributed by atoms with van der Waals surface area (Å²) in [5.74, 6) is -0.519. The largest absolute Gasteiger partial charge is 0.329 e. The zero-order valence-corrected chi connectivity index (χ0v) is 17.0. The molecule has 1 heterocycles. The second-order valence-electron chi connectivity index (χ2n) is 5.90. The van der Waals surface area contributed by atoms with Gasteiger partial charge in [0.15, 0.2) is 5.13 Å². The van der Waals surface area contributed by atoms with Crippen LogP contribution in [-0.2, 0) is 4.79 Å². The van der Waals surface area contributed by atoms with Crippen molar-refractivity contribution in [2.24, 2.45) is 0 Å². The number of benzene rings is 1. The minimum absolute atomic E-state index is 0.0403. The molecule has 0 radical (unpaired) electrons. The van der Waals surface area contributed by atoms with E-state index in [0.29, 0.717) is 27.3 Å². The molecule has 0 atom stereocenters. The van der Waals surface area contributed by atoms with E-state index in [-0.39, 0.29) is 18.4 Å². The van der Waals surface area contributed by atoms with Gasteiger partial charge >= 0.3 is 0 Å². The molecule has 5 nitrogen and oxygen atoms in total. The Hall–Kier alpha value is -1.63. The molecule has 0 bridgehead atoms. The molecule has 0 aliphatic rings. The van der Waals surface area contributed by atoms with Gasteiger partial charge in [0, 0.05) is 17.5 Å². The second-order valence-corrected chi connectivity index (χ2v) is 7.58. The molecule has 1 aromatic heterocycles. The highest BCUT2D eigenvalue weighted by Crippen LogP contribution is 2.23. The number of nitrogens with one attached hydrogen (secondary N) is 1. The second kappa shape index (κ2) is 9.90. The molecular weight excluding hydrogens is 393 g/mol. The third kappa shape index (κ3) is 5.97. The number of nitrogens with zero attached hydrogens (tertiary/aromatic N) is 2. The minimum atomic E-state index is -0.274. The lowest BCUT2D eigenvalue weighted by Crippen LogP contribution is -2.38. The Balaban J connectivity index is 2.09. The van der Waals surface area contributed by atoms with Gasteiger partial charge in [-0.2, -0.15) is 0 Å². The summed E-state index contributed by atoms with van der Waals surface area (Å²) in [5, 5.41) is 5.83. The molecule has 2 aromatic rings. The minimum Gasteiger partial charge on any atom is -0.329 e. The van der Waals surface area contributed by atoms with E-state index in [2.05, 4.69) is 17.2 Å².